The van der Waals surface area contributed by atoms with Crippen LogP contribution in [-0.2, 0) is 19.6 Å². The van der Waals surface area contributed by atoms with E-state index in [9.17, 15) is 23.1 Å². The van der Waals surface area contributed by atoms with Crippen molar-refractivity contribution < 1.29 is 27.9 Å². The summed E-state index contributed by atoms with van der Waals surface area (Å²) in [6.07, 6.45) is 0. The number of ether oxygens (including phenoxy) is 1. The number of carboxylic acid groups (broad SMARTS) is 1. The van der Waals surface area contributed by atoms with E-state index in [4.69, 9.17) is 16.3 Å². The van der Waals surface area contributed by atoms with E-state index < -0.39 is 27.9 Å². The summed E-state index contributed by atoms with van der Waals surface area (Å²) in [4.78, 5) is 24.8. The summed E-state index contributed by atoms with van der Waals surface area (Å²) in [7, 11) is -2.51. The van der Waals surface area contributed by atoms with E-state index >= 15 is 0 Å². The third-order valence-corrected chi connectivity index (χ3v) is 5.16. The van der Waals surface area contributed by atoms with E-state index in [1.54, 1.807) is 0 Å². The highest BCUT2D eigenvalue weighted by Gasteiger charge is 2.34. The minimum atomic E-state index is -3.75. The molecule has 1 saturated heterocycles. The molecule has 23 heavy (non-hydrogen) atoms. The molecule has 1 aromatic rings. The van der Waals surface area contributed by atoms with Gasteiger partial charge in [0.2, 0.25) is 10.0 Å². The largest absolute Gasteiger partial charge is 0.480 e. The smallest absolute Gasteiger partial charge is 0.328 e. The maximum atomic E-state index is 12.6. The molecule has 0 aliphatic carbocycles. The zero-order valence-electron chi connectivity index (χ0n) is 12.2. The van der Waals surface area contributed by atoms with Gasteiger partial charge in [-0.15, -0.1) is 0 Å². The fourth-order valence-corrected chi connectivity index (χ4v) is 3.11. The quantitative estimate of drug-likeness (QED) is 0.789. The van der Waals surface area contributed by atoms with E-state index in [0.29, 0.717) is 0 Å². The number of morpholine rings is 1. The van der Waals surface area contributed by atoms with Gasteiger partial charge in [-0.1, -0.05) is 11.6 Å². The molecule has 1 unspecified atom stereocenters. The number of rotatable bonds is 4. The van der Waals surface area contributed by atoms with Gasteiger partial charge in [0.1, 0.15) is 0 Å². The Labute approximate surface area is 138 Å². The number of hydrogen-bond acceptors (Lipinski definition) is 5. The summed E-state index contributed by atoms with van der Waals surface area (Å²) in [5.74, 6) is -1.85. The first kappa shape index (κ1) is 17.7. The number of nitrogens with zero attached hydrogens (tertiary/aromatic N) is 1. The van der Waals surface area contributed by atoms with Gasteiger partial charge >= 0.3 is 5.97 Å². The second-order valence-corrected chi connectivity index (χ2v) is 7.07. The highest BCUT2D eigenvalue weighted by molar-refractivity contribution is 7.89. The molecular formula is C13H15ClN2O6S. The van der Waals surface area contributed by atoms with Crippen LogP contribution in [0.25, 0.3) is 0 Å². The highest BCUT2D eigenvalue weighted by Crippen LogP contribution is 2.23. The van der Waals surface area contributed by atoms with Crippen molar-refractivity contribution in [1.82, 2.24) is 9.62 Å². The molecule has 1 fully saturated rings. The maximum absolute atomic E-state index is 12.6. The second kappa shape index (κ2) is 6.83. The molecule has 1 aromatic carbocycles. The predicted molar refractivity (Wildman–Crippen MR) is 81.0 cm³/mol. The molecule has 2 N–H and O–H groups in total. The van der Waals surface area contributed by atoms with Gasteiger partial charge in [0.05, 0.1) is 28.7 Å². The van der Waals surface area contributed by atoms with Gasteiger partial charge in [0.15, 0.2) is 6.04 Å². The Morgan fingerprint density at radius 3 is 2.74 bits per heavy atom. The van der Waals surface area contributed by atoms with Crippen LogP contribution in [0.1, 0.15) is 10.4 Å². The molecule has 1 amide bonds. The molecule has 10 heteroatoms. The summed E-state index contributed by atoms with van der Waals surface area (Å²) in [6, 6.07) is 2.54. The van der Waals surface area contributed by atoms with Gasteiger partial charge in [-0.2, -0.15) is 0 Å². The first-order valence-corrected chi connectivity index (χ1v) is 8.48. The lowest BCUT2D eigenvalue weighted by Gasteiger charge is -2.33. The van der Waals surface area contributed by atoms with E-state index in [1.807, 2.05) is 0 Å². The predicted octanol–water partition coefficient (Wildman–Crippen LogP) is 0.174. The topological polar surface area (TPSA) is 113 Å². The second-order valence-electron chi connectivity index (χ2n) is 4.78. The Hall–Kier alpha value is -1.68. The van der Waals surface area contributed by atoms with Crippen molar-refractivity contribution in [1.29, 1.82) is 0 Å². The molecule has 1 heterocycles. The van der Waals surface area contributed by atoms with Crippen molar-refractivity contribution in [3.63, 3.8) is 0 Å². The number of carbonyl (C=O) groups is 2. The van der Waals surface area contributed by atoms with Gasteiger partial charge in [0.25, 0.3) is 5.91 Å². The Balaban J connectivity index is 2.42. The fraction of sp³-hybridized carbons (Fsp3) is 0.385. The fourth-order valence-electron chi connectivity index (χ4n) is 2.16. The van der Waals surface area contributed by atoms with Gasteiger partial charge in [-0.05, 0) is 25.2 Å². The van der Waals surface area contributed by atoms with Crippen LogP contribution in [0.15, 0.2) is 23.1 Å². The van der Waals surface area contributed by atoms with Crippen LogP contribution in [0, 0.1) is 0 Å². The third kappa shape index (κ3) is 3.63. The molecule has 126 valence electrons. The van der Waals surface area contributed by atoms with Crippen molar-refractivity contribution in [3.05, 3.63) is 28.8 Å². The molecule has 1 aliphatic rings. The molecule has 8 nitrogen and oxygen atoms in total. The zero-order chi connectivity index (χ0) is 17.2. The van der Waals surface area contributed by atoms with Crippen LogP contribution in [0.5, 0.6) is 0 Å². The van der Waals surface area contributed by atoms with E-state index in [0.717, 1.165) is 11.0 Å². The summed E-state index contributed by atoms with van der Waals surface area (Å²) < 4.78 is 30.9. The third-order valence-electron chi connectivity index (χ3n) is 3.42. The van der Waals surface area contributed by atoms with Gasteiger partial charge in [-0.25, -0.2) is 17.9 Å². The van der Waals surface area contributed by atoms with Crippen molar-refractivity contribution in [2.24, 2.45) is 0 Å². The van der Waals surface area contributed by atoms with Gasteiger partial charge in [-0.3, -0.25) is 4.79 Å². The molecule has 2 rings (SSSR count). The average molecular weight is 363 g/mol. The Kier molecular flexibility index (Phi) is 5.25. The highest BCUT2D eigenvalue weighted by atomic mass is 35.5. The molecule has 1 aliphatic heterocycles. The maximum Gasteiger partial charge on any atom is 0.328 e. The number of amides is 1. The monoisotopic (exact) mass is 362 g/mol. The minimum absolute atomic E-state index is 0.0423. The SMILES string of the molecule is CNS(=O)(=O)c1ccc(Cl)c(C(=O)N2CCOCC2C(=O)O)c1. The Morgan fingerprint density at radius 1 is 1.43 bits per heavy atom. The van der Waals surface area contributed by atoms with Crippen molar-refractivity contribution in [2.45, 2.75) is 10.9 Å². The first-order chi connectivity index (χ1) is 10.8. The number of carbonyl (C=O) groups excluding carboxylic acids is 1. The van der Waals surface area contributed by atoms with Crippen LogP contribution >= 0.6 is 11.6 Å². The lowest BCUT2D eigenvalue weighted by Crippen LogP contribution is -2.52. The number of nitrogens with one attached hydrogen (secondary N) is 1. The summed E-state index contributed by atoms with van der Waals surface area (Å²) in [5, 5.41) is 9.23. The van der Waals surface area contributed by atoms with Crippen molar-refractivity contribution >= 4 is 33.5 Å². The number of halogens is 1. The summed E-state index contributed by atoms with van der Waals surface area (Å²) in [5.41, 5.74) is -0.0730. The Bertz CT molecular complexity index is 736. The number of benzene rings is 1. The lowest BCUT2D eigenvalue weighted by atomic mass is 10.1. The number of carboxylic acids is 1. The van der Waals surface area contributed by atoms with E-state index in [2.05, 4.69) is 4.72 Å². The van der Waals surface area contributed by atoms with Crippen LogP contribution in [-0.4, -0.2) is 63.1 Å². The normalized spacial score (nSPS) is 18.7. The average Bonchev–Trinajstić information content (AvgIpc) is 2.54. The molecule has 0 saturated carbocycles. The standard InChI is InChI=1S/C13H15ClN2O6S/c1-15-23(20,21)8-2-3-10(14)9(6-8)12(17)16-4-5-22-7-11(16)13(18)19/h2-3,6,11,15H,4-5,7H2,1H3,(H,18,19). The first-order valence-electron chi connectivity index (χ1n) is 6.62. The molecular weight excluding hydrogens is 348 g/mol. The summed E-state index contributed by atoms with van der Waals surface area (Å²) in [6.45, 7) is 0.143. The lowest BCUT2D eigenvalue weighted by molar-refractivity contribution is -0.147. The number of sulfonamides is 1. The van der Waals surface area contributed by atoms with Crippen LogP contribution < -0.4 is 4.72 Å². The van der Waals surface area contributed by atoms with Crippen LogP contribution in [0.4, 0.5) is 0 Å². The van der Waals surface area contributed by atoms with Crippen molar-refractivity contribution in [2.75, 3.05) is 26.8 Å². The van der Waals surface area contributed by atoms with Crippen LogP contribution in [0.3, 0.4) is 0 Å². The van der Waals surface area contributed by atoms with E-state index in [-0.39, 0.29) is 35.2 Å². The number of hydrogen-bond donors (Lipinski definition) is 2. The molecule has 0 bridgehead atoms. The van der Waals surface area contributed by atoms with Crippen molar-refractivity contribution in [3.8, 4) is 0 Å². The molecule has 0 spiro atoms. The van der Waals surface area contributed by atoms with Gasteiger partial charge < -0.3 is 14.7 Å². The molecule has 0 aromatic heterocycles. The number of aliphatic carboxylic acids is 1. The summed E-state index contributed by atoms with van der Waals surface area (Å²) >= 11 is 5.99. The van der Waals surface area contributed by atoms with Crippen LogP contribution in [0.2, 0.25) is 5.02 Å². The van der Waals surface area contributed by atoms with Gasteiger partial charge in [0, 0.05) is 6.54 Å². The minimum Gasteiger partial charge on any atom is -0.480 e. The zero-order valence-corrected chi connectivity index (χ0v) is 13.7. The van der Waals surface area contributed by atoms with E-state index in [1.165, 1.54) is 19.2 Å². The molecule has 0 radical (unpaired) electrons. The molecule has 1 atom stereocenters. The Morgan fingerprint density at radius 2 is 2.13 bits per heavy atom.